The van der Waals surface area contributed by atoms with E-state index in [0.717, 1.165) is 44.1 Å². The molecule has 7 heteroatoms. The Kier molecular flexibility index (Phi) is 4.03. The van der Waals surface area contributed by atoms with Crippen molar-refractivity contribution in [2.45, 2.75) is 33.2 Å². The number of nitrogens with one attached hydrogen (secondary N) is 1. The molecule has 1 unspecified atom stereocenters. The summed E-state index contributed by atoms with van der Waals surface area (Å²) in [5, 5.41) is 7.51. The van der Waals surface area contributed by atoms with Crippen LogP contribution in [0.25, 0.3) is 11.7 Å². The number of hydrogen-bond acceptors (Lipinski definition) is 7. The first-order valence-electron chi connectivity index (χ1n) is 7.41. The zero-order valence-electron chi connectivity index (χ0n) is 12.7. The summed E-state index contributed by atoms with van der Waals surface area (Å²) < 4.78 is 10.9. The van der Waals surface area contributed by atoms with Crippen molar-refractivity contribution in [2.24, 2.45) is 0 Å². The summed E-state index contributed by atoms with van der Waals surface area (Å²) >= 11 is 0. The van der Waals surface area contributed by atoms with Gasteiger partial charge in [0.2, 0.25) is 5.76 Å². The lowest BCUT2D eigenvalue weighted by Crippen LogP contribution is -2.45. The summed E-state index contributed by atoms with van der Waals surface area (Å²) in [5.74, 6) is 2.32. The summed E-state index contributed by atoms with van der Waals surface area (Å²) in [6, 6.07) is 0.189. The monoisotopic (exact) mass is 291 g/mol. The van der Waals surface area contributed by atoms with Crippen molar-refractivity contribution in [3.8, 4) is 11.7 Å². The molecule has 2 aromatic rings. The van der Waals surface area contributed by atoms with Crippen molar-refractivity contribution < 1.29 is 8.94 Å². The Hall–Kier alpha value is -1.73. The molecule has 1 aliphatic rings. The van der Waals surface area contributed by atoms with Gasteiger partial charge in [0.1, 0.15) is 0 Å². The topological polar surface area (TPSA) is 80.2 Å². The third kappa shape index (κ3) is 2.84. The summed E-state index contributed by atoms with van der Waals surface area (Å²) in [6.45, 7) is 9.84. The van der Waals surface area contributed by atoms with Crippen LogP contribution < -0.4 is 5.32 Å². The summed E-state index contributed by atoms with van der Waals surface area (Å²) in [4.78, 5) is 11.2. The molecule has 1 aliphatic heterocycles. The summed E-state index contributed by atoms with van der Waals surface area (Å²) in [7, 11) is 0. The molecule has 114 valence electrons. The molecule has 0 aromatic carbocycles. The maximum absolute atomic E-state index is 5.54. The molecule has 1 fully saturated rings. The summed E-state index contributed by atoms with van der Waals surface area (Å²) in [5.41, 5.74) is 0.776. The Morgan fingerprint density at radius 1 is 1.24 bits per heavy atom. The molecule has 0 bridgehead atoms. The molecule has 0 saturated carbocycles. The van der Waals surface area contributed by atoms with Crippen LogP contribution in [0.2, 0.25) is 0 Å². The van der Waals surface area contributed by atoms with E-state index in [0.29, 0.717) is 17.5 Å². The second-order valence-corrected chi connectivity index (χ2v) is 5.32. The van der Waals surface area contributed by atoms with E-state index in [9.17, 15) is 0 Å². The second-order valence-electron chi connectivity index (χ2n) is 5.32. The molecule has 1 N–H and O–H groups in total. The van der Waals surface area contributed by atoms with Gasteiger partial charge in [-0.25, -0.2) is 4.98 Å². The Balaban J connectivity index is 1.84. The molecule has 21 heavy (non-hydrogen) atoms. The molecular formula is C14H21N5O2. The van der Waals surface area contributed by atoms with Crippen LogP contribution in [0.1, 0.15) is 36.8 Å². The standard InChI is InChI=1S/C14H21N5O2/c1-4-11(19-7-5-15-6-8-19)13-17-14(21-18-13)12-9(2)16-10(3)20-12/h11,15H,4-8H2,1-3H3. The van der Waals surface area contributed by atoms with Crippen LogP contribution in [0.3, 0.4) is 0 Å². The molecule has 1 atom stereocenters. The van der Waals surface area contributed by atoms with Crippen molar-refractivity contribution in [3.63, 3.8) is 0 Å². The third-order valence-corrected chi connectivity index (χ3v) is 3.82. The maximum atomic E-state index is 5.54. The second kappa shape index (κ2) is 5.95. The van der Waals surface area contributed by atoms with Crippen LogP contribution in [0.15, 0.2) is 8.94 Å². The highest BCUT2D eigenvalue weighted by atomic mass is 16.5. The Bertz CT molecular complexity index is 600. The Labute approximate surface area is 123 Å². The quantitative estimate of drug-likeness (QED) is 0.918. The summed E-state index contributed by atoms with van der Waals surface area (Å²) in [6.07, 6.45) is 0.952. The molecule has 0 radical (unpaired) electrons. The third-order valence-electron chi connectivity index (χ3n) is 3.82. The van der Waals surface area contributed by atoms with Crippen molar-refractivity contribution in [3.05, 3.63) is 17.4 Å². The minimum atomic E-state index is 0.189. The highest BCUT2D eigenvalue weighted by Gasteiger charge is 2.26. The van der Waals surface area contributed by atoms with Gasteiger partial charge in [-0.15, -0.1) is 0 Å². The minimum Gasteiger partial charge on any atom is -0.436 e. The fourth-order valence-corrected chi connectivity index (χ4v) is 2.79. The smallest absolute Gasteiger partial charge is 0.295 e. The van der Waals surface area contributed by atoms with Gasteiger partial charge < -0.3 is 14.3 Å². The molecule has 0 aliphatic carbocycles. The highest BCUT2D eigenvalue weighted by molar-refractivity contribution is 5.47. The van der Waals surface area contributed by atoms with Crippen LogP contribution in [0.5, 0.6) is 0 Å². The van der Waals surface area contributed by atoms with Crippen LogP contribution in [0.4, 0.5) is 0 Å². The largest absolute Gasteiger partial charge is 0.436 e. The van der Waals surface area contributed by atoms with Gasteiger partial charge >= 0.3 is 0 Å². The van der Waals surface area contributed by atoms with Gasteiger partial charge in [-0.3, -0.25) is 4.90 Å². The fourth-order valence-electron chi connectivity index (χ4n) is 2.79. The molecule has 0 amide bonds. The van der Waals surface area contributed by atoms with Crippen molar-refractivity contribution in [1.29, 1.82) is 0 Å². The predicted octanol–water partition coefficient (Wildman–Crippen LogP) is 1.70. The maximum Gasteiger partial charge on any atom is 0.295 e. The molecule has 1 saturated heterocycles. The van der Waals surface area contributed by atoms with E-state index in [1.165, 1.54) is 0 Å². The van der Waals surface area contributed by atoms with E-state index in [4.69, 9.17) is 8.94 Å². The number of aromatic nitrogens is 3. The van der Waals surface area contributed by atoms with E-state index >= 15 is 0 Å². The molecule has 3 rings (SSSR count). The van der Waals surface area contributed by atoms with Crippen LogP contribution in [-0.4, -0.2) is 46.2 Å². The first-order valence-corrected chi connectivity index (χ1v) is 7.41. The first-order chi connectivity index (χ1) is 10.2. The van der Waals surface area contributed by atoms with Gasteiger partial charge in [-0.1, -0.05) is 12.1 Å². The number of hydrogen-bond donors (Lipinski definition) is 1. The zero-order valence-corrected chi connectivity index (χ0v) is 12.7. The van der Waals surface area contributed by atoms with Crippen LogP contribution in [0, 0.1) is 13.8 Å². The van der Waals surface area contributed by atoms with Crippen molar-refractivity contribution >= 4 is 0 Å². The number of rotatable bonds is 4. The average molecular weight is 291 g/mol. The van der Waals surface area contributed by atoms with Gasteiger partial charge in [0, 0.05) is 33.1 Å². The van der Waals surface area contributed by atoms with Gasteiger partial charge in [0.05, 0.1) is 11.7 Å². The van der Waals surface area contributed by atoms with Crippen molar-refractivity contribution in [1.82, 2.24) is 25.3 Å². The average Bonchev–Trinajstić information content (AvgIpc) is 3.08. The molecule has 3 heterocycles. The van der Waals surface area contributed by atoms with Gasteiger partial charge in [0.25, 0.3) is 5.89 Å². The Morgan fingerprint density at radius 2 is 2.00 bits per heavy atom. The molecule has 7 nitrogen and oxygen atoms in total. The number of oxazole rings is 1. The molecule has 2 aromatic heterocycles. The zero-order chi connectivity index (χ0) is 14.8. The normalized spacial score (nSPS) is 18.0. The van der Waals surface area contributed by atoms with Crippen LogP contribution >= 0.6 is 0 Å². The fraction of sp³-hybridized carbons (Fsp3) is 0.643. The number of aryl methyl sites for hydroxylation is 2. The van der Waals surface area contributed by atoms with E-state index in [1.54, 1.807) is 0 Å². The lowest BCUT2D eigenvalue weighted by Gasteiger charge is -2.32. The lowest BCUT2D eigenvalue weighted by atomic mass is 10.1. The van der Waals surface area contributed by atoms with Crippen molar-refractivity contribution in [2.75, 3.05) is 26.2 Å². The van der Waals surface area contributed by atoms with E-state index in [1.807, 2.05) is 13.8 Å². The number of nitrogens with zero attached hydrogens (tertiary/aromatic N) is 4. The Morgan fingerprint density at radius 3 is 2.62 bits per heavy atom. The van der Waals surface area contributed by atoms with Crippen LogP contribution in [-0.2, 0) is 0 Å². The molecule has 0 spiro atoms. The molecular weight excluding hydrogens is 270 g/mol. The van der Waals surface area contributed by atoms with Gasteiger partial charge in [-0.05, 0) is 13.3 Å². The van der Waals surface area contributed by atoms with Gasteiger partial charge in [-0.2, -0.15) is 4.98 Å². The van der Waals surface area contributed by atoms with E-state index < -0.39 is 0 Å². The van der Waals surface area contributed by atoms with Gasteiger partial charge in [0.15, 0.2) is 11.7 Å². The number of piperazine rings is 1. The van der Waals surface area contributed by atoms with E-state index in [2.05, 4.69) is 32.3 Å². The lowest BCUT2D eigenvalue weighted by molar-refractivity contribution is 0.160. The minimum absolute atomic E-state index is 0.189. The predicted molar refractivity (Wildman–Crippen MR) is 76.7 cm³/mol. The SMILES string of the molecule is CCC(c1noc(-c2oc(C)nc2C)n1)N1CCNCC1. The first kappa shape index (κ1) is 14.2. The highest BCUT2D eigenvalue weighted by Crippen LogP contribution is 2.27. The van der Waals surface area contributed by atoms with E-state index in [-0.39, 0.29) is 6.04 Å².